The molecule has 2 aromatic rings. The highest BCUT2D eigenvalue weighted by atomic mass is 35.5. The lowest BCUT2D eigenvalue weighted by molar-refractivity contribution is -0.126. The maximum absolute atomic E-state index is 13.3. The summed E-state index contributed by atoms with van der Waals surface area (Å²) in [6.07, 6.45) is 7.10. The van der Waals surface area contributed by atoms with Crippen LogP contribution in [0.1, 0.15) is 54.4 Å². The molecule has 2 amide bonds. The van der Waals surface area contributed by atoms with Crippen molar-refractivity contribution < 1.29 is 9.59 Å². The van der Waals surface area contributed by atoms with E-state index in [0.717, 1.165) is 44.1 Å². The molecule has 1 N–H and O–H groups in total. The van der Waals surface area contributed by atoms with Crippen molar-refractivity contribution >= 4 is 23.4 Å². The van der Waals surface area contributed by atoms with Gasteiger partial charge < -0.3 is 14.8 Å². The maximum Gasteiger partial charge on any atom is 0.263 e. The molecule has 1 aliphatic heterocycles. The first-order valence-corrected chi connectivity index (χ1v) is 11.8. The second-order valence-electron chi connectivity index (χ2n) is 9.08. The van der Waals surface area contributed by atoms with Crippen LogP contribution in [0.2, 0.25) is 5.02 Å². The highest BCUT2D eigenvalue weighted by Gasteiger charge is 2.42. The van der Waals surface area contributed by atoms with Gasteiger partial charge >= 0.3 is 0 Å². The van der Waals surface area contributed by atoms with Crippen LogP contribution in [0, 0.1) is 5.92 Å². The number of likely N-dealkylation sites (tertiary alicyclic amines) is 1. The van der Waals surface area contributed by atoms with Gasteiger partial charge in [0.25, 0.3) is 11.5 Å². The van der Waals surface area contributed by atoms with E-state index in [1.807, 2.05) is 24.3 Å². The zero-order valence-electron chi connectivity index (χ0n) is 18.5. The third-order valence-corrected chi connectivity index (χ3v) is 7.35. The Kier molecular flexibility index (Phi) is 6.70. The summed E-state index contributed by atoms with van der Waals surface area (Å²) in [6, 6.07) is 11.0. The number of aryl methyl sites for hydroxylation is 1. The van der Waals surface area contributed by atoms with Crippen LogP contribution in [-0.2, 0) is 17.3 Å². The fourth-order valence-electron chi connectivity index (χ4n) is 5.07. The van der Waals surface area contributed by atoms with Crippen molar-refractivity contribution in [3.63, 3.8) is 0 Å². The quantitative estimate of drug-likeness (QED) is 0.749. The number of nitrogens with one attached hydrogen (secondary N) is 1. The molecule has 32 heavy (non-hydrogen) atoms. The molecule has 0 bridgehead atoms. The molecule has 1 aliphatic carbocycles. The van der Waals surface area contributed by atoms with Gasteiger partial charge in [-0.25, -0.2) is 0 Å². The fraction of sp³-hybridized carbons (Fsp3) is 0.480. The van der Waals surface area contributed by atoms with Crippen molar-refractivity contribution in [2.24, 2.45) is 13.0 Å². The Labute approximate surface area is 193 Å². The van der Waals surface area contributed by atoms with Crippen molar-refractivity contribution in [3.05, 3.63) is 69.1 Å². The summed E-state index contributed by atoms with van der Waals surface area (Å²) in [4.78, 5) is 40.1. The van der Waals surface area contributed by atoms with E-state index in [2.05, 4.69) is 5.32 Å². The molecule has 6 nitrogen and oxygen atoms in total. The smallest absolute Gasteiger partial charge is 0.263 e. The Morgan fingerprint density at radius 3 is 2.41 bits per heavy atom. The van der Waals surface area contributed by atoms with Crippen LogP contribution < -0.4 is 10.9 Å². The van der Waals surface area contributed by atoms with Gasteiger partial charge in [-0.3, -0.25) is 14.4 Å². The Balaban J connectivity index is 1.34. The molecule has 170 valence electrons. The lowest BCUT2D eigenvalue weighted by atomic mass is 9.78. The number of hydrogen-bond acceptors (Lipinski definition) is 3. The second kappa shape index (κ2) is 9.49. The lowest BCUT2D eigenvalue weighted by Crippen LogP contribution is -2.47. The minimum atomic E-state index is -0.464. The highest BCUT2D eigenvalue weighted by molar-refractivity contribution is 6.30. The summed E-state index contributed by atoms with van der Waals surface area (Å²) in [5, 5.41) is 3.89. The van der Waals surface area contributed by atoms with E-state index in [1.54, 1.807) is 30.3 Å². The van der Waals surface area contributed by atoms with Crippen molar-refractivity contribution in [1.82, 2.24) is 14.8 Å². The number of carbonyl (C=O) groups excluding carboxylic acids is 2. The molecule has 0 unspecified atom stereocenters. The number of aromatic nitrogens is 1. The van der Waals surface area contributed by atoms with Crippen molar-refractivity contribution in [1.29, 1.82) is 0 Å². The van der Waals surface area contributed by atoms with E-state index in [-0.39, 0.29) is 22.9 Å². The van der Waals surface area contributed by atoms with Crippen molar-refractivity contribution in [2.45, 2.75) is 43.9 Å². The number of nitrogens with zero attached hydrogens (tertiary/aromatic N) is 2. The van der Waals surface area contributed by atoms with Crippen LogP contribution >= 0.6 is 11.6 Å². The number of carbonyl (C=O) groups is 2. The Bertz CT molecular complexity index is 1030. The molecule has 1 saturated carbocycles. The van der Waals surface area contributed by atoms with Gasteiger partial charge in [-0.05, 0) is 61.4 Å². The molecule has 2 heterocycles. The predicted octanol–water partition coefficient (Wildman–Crippen LogP) is 3.52. The first-order valence-electron chi connectivity index (χ1n) is 11.4. The molecule has 1 aromatic heterocycles. The van der Waals surface area contributed by atoms with Crippen molar-refractivity contribution in [3.8, 4) is 0 Å². The average molecular weight is 456 g/mol. The molecular formula is C25H30ClN3O3. The Morgan fingerprint density at radius 2 is 1.75 bits per heavy atom. The molecule has 2 fully saturated rings. The number of hydrogen-bond donors (Lipinski definition) is 1. The van der Waals surface area contributed by atoms with E-state index in [4.69, 9.17) is 11.6 Å². The summed E-state index contributed by atoms with van der Waals surface area (Å²) in [7, 11) is 1.65. The predicted molar refractivity (Wildman–Crippen MR) is 125 cm³/mol. The van der Waals surface area contributed by atoms with E-state index in [9.17, 15) is 14.4 Å². The summed E-state index contributed by atoms with van der Waals surface area (Å²) in [5.74, 6) is 0.218. The fourth-order valence-corrected chi connectivity index (χ4v) is 5.20. The third kappa shape index (κ3) is 4.46. The van der Waals surface area contributed by atoms with Crippen LogP contribution in [0.25, 0.3) is 0 Å². The molecule has 2 aliphatic rings. The minimum absolute atomic E-state index is 0.101. The molecule has 0 radical (unpaired) electrons. The van der Waals surface area contributed by atoms with Gasteiger partial charge in [-0.2, -0.15) is 0 Å². The Morgan fingerprint density at radius 1 is 1.09 bits per heavy atom. The maximum atomic E-state index is 13.3. The number of benzene rings is 1. The number of halogens is 1. The third-order valence-electron chi connectivity index (χ3n) is 7.10. The summed E-state index contributed by atoms with van der Waals surface area (Å²) in [6.45, 7) is 1.81. The van der Waals surface area contributed by atoms with Gasteiger partial charge in [0, 0.05) is 37.9 Å². The largest absolute Gasteiger partial charge is 0.355 e. The molecule has 0 atom stereocenters. The van der Waals surface area contributed by atoms with Crippen LogP contribution in [0.3, 0.4) is 0 Å². The number of amides is 2. The first kappa shape index (κ1) is 22.6. The topological polar surface area (TPSA) is 71.4 Å². The minimum Gasteiger partial charge on any atom is -0.355 e. The van der Waals surface area contributed by atoms with E-state index >= 15 is 0 Å². The molecule has 1 aromatic carbocycles. The molecular weight excluding hydrogens is 426 g/mol. The monoisotopic (exact) mass is 455 g/mol. The van der Waals surface area contributed by atoms with Crippen LogP contribution in [0.15, 0.2) is 47.4 Å². The molecule has 4 rings (SSSR count). The highest BCUT2D eigenvalue weighted by Crippen LogP contribution is 2.41. The van der Waals surface area contributed by atoms with E-state index in [0.29, 0.717) is 30.6 Å². The molecule has 0 spiro atoms. The number of piperidine rings is 1. The standard InChI is InChI=1S/C25H30ClN3O3/c1-28-14-4-5-21(22(28)30)23(31)29-15-10-18(11-16-29)17-27-24(32)25(12-2-3-13-25)19-6-8-20(26)9-7-19/h4-9,14,18H,2-3,10-13,15-17H2,1H3,(H,27,32). The molecule has 1 saturated heterocycles. The average Bonchev–Trinajstić information content (AvgIpc) is 3.31. The van der Waals surface area contributed by atoms with E-state index < -0.39 is 5.41 Å². The van der Waals surface area contributed by atoms with Crippen molar-refractivity contribution in [2.75, 3.05) is 19.6 Å². The lowest BCUT2D eigenvalue weighted by Gasteiger charge is -2.33. The zero-order chi connectivity index (χ0) is 22.7. The second-order valence-corrected chi connectivity index (χ2v) is 9.52. The number of rotatable bonds is 5. The van der Waals surface area contributed by atoms with Crippen LogP contribution in [0.4, 0.5) is 0 Å². The summed E-state index contributed by atoms with van der Waals surface area (Å²) in [5.41, 5.74) is 0.528. The normalized spacial score (nSPS) is 18.5. The van der Waals surface area contributed by atoms with Gasteiger partial charge in [-0.1, -0.05) is 36.6 Å². The number of pyridine rings is 1. The van der Waals surface area contributed by atoms with Gasteiger partial charge in [0.05, 0.1) is 5.41 Å². The van der Waals surface area contributed by atoms with Crippen LogP contribution in [0.5, 0.6) is 0 Å². The van der Waals surface area contributed by atoms with Gasteiger partial charge in [0.15, 0.2) is 0 Å². The first-order chi connectivity index (χ1) is 15.4. The zero-order valence-corrected chi connectivity index (χ0v) is 19.2. The van der Waals surface area contributed by atoms with E-state index in [1.165, 1.54) is 4.57 Å². The van der Waals surface area contributed by atoms with Gasteiger partial charge in [-0.15, -0.1) is 0 Å². The summed E-state index contributed by atoms with van der Waals surface area (Å²) < 4.78 is 1.43. The summed E-state index contributed by atoms with van der Waals surface area (Å²) >= 11 is 6.05. The molecule has 7 heteroatoms. The van der Waals surface area contributed by atoms with Gasteiger partial charge in [0.2, 0.25) is 5.91 Å². The Hall–Kier alpha value is -2.60. The van der Waals surface area contributed by atoms with Gasteiger partial charge in [0.1, 0.15) is 5.56 Å². The SMILES string of the molecule is Cn1cccc(C(=O)N2CCC(CNC(=O)C3(c4ccc(Cl)cc4)CCCC3)CC2)c1=O. The van der Waals surface area contributed by atoms with Crippen LogP contribution in [-0.4, -0.2) is 40.9 Å².